The molecule has 0 aromatic heterocycles. The molecule has 2 aliphatic heterocycles. The number of benzene rings is 2. The molecule has 4 rings (SSSR count). The normalized spacial score (nSPS) is 23.0. The van der Waals surface area contributed by atoms with E-state index in [1.165, 1.54) is 46.6 Å². The summed E-state index contributed by atoms with van der Waals surface area (Å²) in [7, 11) is 0. The fourth-order valence-electron chi connectivity index (χ4n) is 2.72. The predicted octanol–water partition coefficient (Wildman–Crippen LogP) is 4.59. The molecule has 0 aliphatic carbocycles. The van der Waals surface area contributed by atoms with Gasteiger partial charge in [-0.3, -0.25) is 0 Å². The van der Waals surface area contributed by atoms with Crippen molar-refractivity contribution >= 4 is 23.5 Å². The molecule has 0 nitrogen and oxygen atoms in total. The van der Waals surface area contributed by atoms with Gasteiger partial charge < -0.3 is 0 Å². The van der Waals surface area contributed by atoms with Gasteiger partial charge in [-0.05, 0) is 41.5 Å². The quantitative estimate of drug-likeness (QED) is 0.715. The van der Waals surface area contributed by atoms with Crippen molar-refractivity contribution in [3.8, 4) is 0 Å². The van der Waals surface area contributed by atoms with Crippen LogP contribution < -0.4 is 0 Å². The largest absolute Gasteiger partial charge is 0.156 e. The minimum Gasteiger partial charge on any atom is -0.156 e. The van der Waals surface area contributed by atoms with Crippen LogP contribution in [0.25, 0.3) is 0 Å². The van der Waals surface area contributed by atoms with Crippen molar-refractivity contribution in [2.45, 2.75) is 29.8 Å². The van der Waals surface area contributed by atoms with Crippen LogP contribution in [-0.4, -0.2) is 22.0 Å². The van der Waals surface area contributed by atoms with Gasteiger partial charge in [0.15, 0.2) is 0 Å². The first-order valence-corrected chi connectivity index (χ1v) is 9.84. The lowest BCUT2D eigenvalue weighted by atomic mass is 10.0. The molecule has 0 radical (unpaired) electrons. The Morgan fingerprint density at radius 1 is 0.619 bits per heavy atom. The fraction of sp³-hybridized carbons (Fsp3) is 0.368. The van der Waals surface area contributed by atoms with Gasteiger partial charge in [-0.15, -0.1) is 0 Å². The molecule has 2 unspecified atom stereocenters. The minimum absolute atomic E-state index is 0.896. The Morgan fingerprint density at radius 3 is 1.29 bits per heavy atom. The van der Waals surface area contributed by atoms with Crippen molar-refractivity contribution in [2.75, 3.05) is 11.5 Å². The van der Waals surface area contributed by atoms with Gasteiger partial charge in [0.25, 0.3) is 0 Å². The first-order chi connectivity index (χ1) is 10.3. The molecule has 2 heterocycles. The van der Waals surface area contributed by atoms with E-state index in [0.717, 1.165) is 16.9 Å². The van der Waals surface area contributed by atoms with Gasteiger partial charge in [0.2, 0.25) is 0 Å². The number of hydrogen-bond acceptors (Lipinski definition) is 2. The number of rotatable bonds is 6. The standard InChI is InChI=1S/C19H20S2/c1-5-16(10-18-12-20-18)6-2-14(1)9-15-3-7-17(8-4-15)11-19-13-21-19/h1-8,18-19H,9-13H2. The van der Waals surface area contributed by atoms with Gasteiger partial charge in [-0.2, -0.15) is 23.5 Å². The van der Waals surface area contributed by atoms with E-state index in [2.05, 4.69) is 72.1 Å². The molecule has 108 valence electrons. The Labute approximate surface area is 135 Å². The Kier molecular flexibility index (Phi) is 4.00. The van der Waals surface area contributed by atoms with Crippen molar-refractivity contribution in [3.63, 3.8) is 0 Å². The van der Waals surface area contributed by atoms with Gasteiger partial charge in [-0.25, -0.2) is 0 Å². The van der Waals surface area contributed by atoms with Crippen molar-refractivity contribution in [1.82, 2.24) is 0 Å². The molecule has 2 atom stereocenters. The number of hydrogen-bond donors (Lipinski definition) is 0. The maximum Gasteiger partial charge on any atom is 0.0179 e. The molecule has 2 aliphatic rings. The second kappa shape index (κ2) is 6.10. The van der Waals surface area contributed by atoms with Crippen molar-refractivity contribution in [2.24, 2.45) is 0 Å². The Morgan fingerprint density at radius 2 is 0.952 bits per heavy atom. The summed E-state index contributed by atoms with van der Waals surface area (Å²) in [6, 6.07) is 18.5. The number of thioether (sulfide) groups is 2. The topological polar surface area (TPSA) is 0 Å². The Hall–Kier alpha value is -0.860. The molecule has 0 N–H and O–H groups in total. The molecule has 0 bridgehead atoms. The molecule has 0 amide bonds. The maximum absolute atomic E-state index is 2.31. The zero-order chi connectivity index (χ0) is 14.1. The van der Waals surface area contributed by atoms with Gasteiger partial charge in [-0.1, -0.05) is 48.5 Å². The van der Waals surface area contributed by atoms with Gasteiger partial charge >= 0.3 is 0 Å². The molecular formula is C19H20S2. The van der Waals surface area contributed by atoms with E-state index in [0.29, 0.717) is 0 Å². The summed E-state index contributed by atoms with van der Waals surface area (Å²) in [6.45, 7) is 0. The van der Waals surface area contributed by atoms with E-state index >= 15 is 0 Å². The van der Waals surface area contributed by atoms with Crippen LogP contribution in [0.15, 0.2) is 48.5 Å². The van der Waals surface area contributed by atoms with Crippen LogP contribution in [0.4, 0.5) is 0 Å². The van der Waals surface area contributed by atoms with E-state index < -0.39 is 0 Å². The molecular weight excluding hydrogens is 292 g/mol. The highest BCUT2D eigenvalue weighted by molar-refractivity contribution is 8.07. The summed E-state index contributed by atoms with van der Waals surface area (Å²) >= 11 is 4.16. The molecule has 2 heteroatoms. The average Bonchev–Trinajstić information content (AvgIpc) is 3.40. The first-order valence-electron chi connectivity index (χ1n) is 7.74. The Bertz CT molecular complexity index is 537. The second-order valence-electron chi connectivity index (χ2n) is 6.13. The highest BCUT2D eigenvalue weighted by Crippen LogP contribution is 2.33. The molecule has 2 aromatic carbocycles. The summed E-state index contributed by atoms with van der Waals surface area (Å²) in [6.07, 6.45) is 3.55. The fourth-order valence-corrected chi connectivity index (χ4v) is 3.85. The maximum atomic E-state index is 2.31. The van der Waals surface area contributed by atoms with Crippen molar-refractivity contribution in [3.05, 3.63) is 70.8 Å². The van der Waals surface area contributed by atoms with Crippen LogP contribution in [0.1, 0.15) is 22.3 Å². The smallest absolute Gasteiger partial charge is 0.0179 e. The highest BCUT2D eigenvalue weighted by atomic mass is 32.2. The zero-order valence-electron chi connectivity index (χ0n) is 12.1. The summed E-state index contributed by atoms with van der Waals surface area (Å²) in [5, 5.41) is 1.79. The lowest BCUT2D eigenvalue weighted by Gasteiger charge is -2.05. The van der Waals surface area contributed by atoms with Crippen LogP contribution in [0.3, 0.4) is 0 Å². The molecule has 2 saturated heterocycles. The van der Waals surface area contributed by atoms with Crippen LogP contribution in [0, 0.1) is 0 Å². The van der Waals surface area contributed by atoms with E-state index in [9.17, 15) is 0 Å². The average molecular weight is 313 g/mol. The predicted molar refractivity (Wildman–Crippen MR) is 95.6 cm³/mol. The molecule has 21 heavy (non-hydrogen) atoms. The molecule has 0 spiro atoms. The lowest BCUT2D eigenvalue weighted by Crippen LogP contribution is -1.94. The van der Waals surface area contributed by atoms with Crippen molar-refractivity contribution in [1.29, 1.82) is 0 Å². The lowest BCUT2D eigenvalue weighted by molar-refractivity contribution is 1.01. The monoisotopic (exact) mass is 312 g/mol. The van der Waals surface area contributed by atoms with E-state index in [1.54, 1.807) is 0 Å². The van der Waals surface area contributed by atoms with E-state index in [4.69, 9.17) is 0 Å². The van der Waals surface area contributed by atoms with Gasteiger partial charge in [0, 0.05) is 22.0 Å². The summed E-state index contributed by atoms with van der Waals surface area (Å²) < 4.78 is 0. The van der Waals surface area contributed by atoms with Crippen LogP contribution >= 0.6 is 23.5 Å². The summed E-state index contributed by atoms with van der Waals surface area (Å²) in [5.41, 5.74) is 5.83. The van der Waals surface area contributed by atoms with E-state index in [-0.39, 0.29) is 0 Å². The SMILES string of the molecule is c1cc(CC2CS2)ccc1Cc1ccc(CC2CS2)cc1. The first kappa shape index (κ1) is 13.8. The van der Waals surface area contributed by atoms with Gasteiger partial charge in [0.1, 0.15) is 0 Å². The molecule has 2 fully saturated rings. The Balaban J connectivity index is 1.37. The zero-order valence-corrected chi connectivity index (χ0v) is 13.8. The van der Waals surface area contributed by atoms with Crippen LogP contribution in [-0.2, 0) is 19.3 Å². The third-order valence-corrected chi connectivity index (χ3v) is 6.13. The minimum atomic E-state index is 0.896. The summed E-state index contributed by atoms with van der Waals surface area (Å²) in [4.78, 5) is 0. The van der Waals surface area contributed by atoms with Crippen LogP contribution in [0.5, 0.6) is 0 Å². The van der Waals surface area contributed by atoms with E-state index in [1.807, 2.05) is 0 Å². The molecule has 0 saturated carbocycles. The van der Waals surface area contributed by atoms with Gasteiger partial charge in [0.05, 0.1) is 0 Å². The second-order valence-corrected chi connectivity index (χ2v) is 8.80. The van der Waals surface area contributed by atoms with Crippen LogP contribution in [0.2, 0.25) is 0 Å². The highest BCUT2D eigenvalue weighted by Gasteiger charge is 2.22. The summed E-state index contributed by atoms with van der Waals surface area (Å²) in [5.74, 6) is 2.71. The molecule has 2 aromatic rings. The van der Waals surface area contributed by atoms with Crippen molar-refractivity contribution < 1.29 is 0 Å². The third-order valence-electron chi connectivity index (χ3n) is 4.19. The third kappa shape index (κ3) is 4.08.